The summed E-state index contributed by atoms with van der Waals surface area (Å²) in [7, 11) is 0. The van der Waals surface area contributed by atoms with Crippen LogP contribution in [0.25, 0.3) is 0 Å². The third kappa shape index (κ3) is 3.72. The molecule has 2 nitrogen and oxygen atoms in total. The fourth-order valence-corrected chi connectivity index (χ4v) is 2.50. The number of halogens is 3. The molecule has 2 N–H and O–H groups in total. The highest BCUT2D eigenvalue weighted by atomic mass is 79.9. The van der Waals surface area contributed by atoms with Gasteiger partial charge in [-0.2, -0.15) is 0 Å². The van der Waals surface area contributed by atoms with Crippen molar-refractivity contribution in [3.63, 3.8) is 0 Å². The van der Waals surface area contributed by atoms with Gasteiger partial charge in [0.1, 0.15) is 5.82 Å². The van der Waals surface area contributed by atoms with Crippen molar-refractivity contribution in [2.24, 2.45) is 0 Å². The van der Waals surface area contributed by atoms with Crippen molar-refractivity contribution < 1.29 is 9.50 Å². The lowest BCUT2D eigenvalue weighted by Gasteiger charge is -2.19. The Kier molecular flexibility index (Phi) is 5.02. The second kappa shape index (κ2) is 6.57. The monoisotopic (exact) mass is 357 g/mol. The Morgan fingerprint density at radius 3 is 2.65 bits per heavy atom. The van der Waals surface area contributed by atoms with Gasteiger partial charge in [0.2, 0.25) is 0 Å². The minimum atomic E-state index is -0.329. The zero-order valence-corrected chi connectivity index (χ0v) is 13.2. The molecular weight excluding hydrogens is 345 g/mol. The average Bonchev–Trinajstić information content (AvgIpc) is 2.38. The zero-order chi connectivity index (χ0) is 14.7. The molecule has 0 aliphatic heterocycles. The Labute approximate surface area is 130 Å². The van der Waals surface area contributed by atoms with Crippen LogP contribution in [0.3, 0.4) is 0 Å². The Hall–Kier alpha value is -1.10. The van der Waals surface area contributed by atoms with E-state index < -0.39 is 0 Å². The van der Waals surface area contributed by atoms with Gasteiger partial charge in [-0.1, -0.05) is 17.7 Å². The molecule has 0 spiro atoms. The van der Waals surface area contributed by atoms with Crippen molar-refractivity contribution in [1.82, 2.24) is 0 Å². The van der Waals surface area contributed by atoms with Crippen LogP contribution in [-0.4, -0.2) is 11.7 Å². The Balaban J connectivity index is 2.26. The molecular formula is C15H14BrClFNO. The molecule has 0 bridgehead atoms. The van der Waals surface area contributed by atoms with E-state index in [0.717, 1.165) is 15.6 Å². The van der Waals surface area contributed by atoms with Crippen LogP contribution in [0.4, 0.5) is 10.1 Å². The molecule has 0 aliphatic carbocycles. The third-order valence-electron chi connectivity index (χ3n) is 2.91. The van der Waals surface area contributed by atoms with E-state index in [1.54, 1.807) is 6.07 Å². The van der Waals surface area contributed by atoms with E-state index in [2.05, 4.69) is 21.2 Å². The van der Waals surface area contributed by atoms with E-state index >= 15 is 0 Å². The molecule has 5 heteroatoms. The summed E-state index contributed by atoms with van der Waals surface area (Å²) in [4.78, 5) is 0. The number of hydrogen-bond donors (Lipinski definition) is 2. The Bertz CT molecular complexity index is 601. The summed E-state index contributed by atoms with van der Waals surface area (Å²) in [6.07, 6.45) is 0. The van der Waals surface area contributed by atoms with E-state index in [1.165, 1.54) is 12.1 Å². The van der Waals surface area contributed by atoms with E-state index in [1.807, 2.05) is 25.1 Å². The first kappa shape index (κ1) is 15.3. The highest BCUT2D eigenvalue weighted by molar-refractivity contribution is 9.10. The summed E-state index contributed by atoms with van der Waals surface area (Å²) in [6, 6.07) is 9.78. The number of nitrogens with one attached hydrogen (secondary N) is 1. The molecule has 0 radical (unpaired) electrons. The van der Waals surface area contributed by atoms with Crippen LogP contribution in [0.1, 0.15) is 17.2 Å². The van der Waals surface area contributed by atoms with Crippen LogP contribution in [-0.2, 0) is 0 Å². The van der Waals surface area contributed by atoms with Crippen molar-refractivity contribution in [1.29, 1.82) is 0 Å². The third-order valence-corrected chi connectivity index (χ3v) is 4.13. The van der Waals surface area contributed by atoms with Crippen LogP contribution in [0, 0.1) is 12.7 Å². The van der Waals surface area contributed by atoms with E-state index in [-0.39, 0.29) is 18.5 Å². The number of benzene rings is 2. The summed E-state index contributed by atoms with van der Waals surface area (Å²) in [5, 5.41) is 13.3. The second-order valence-electron chi connectivity index (χ2n) is 4.57. The summed E-state index contributed by atoms with van der Waals surface area (Å²) >= 11 is 9.30. The van der Waals surface area contributed by atoms with Gasteiger partial charge >= 0.3 is 0 Å². The predicted molar refractivity (Wildman–Crippen MR) is 83.7 cm³/mol. The van der Waals surface area contributed by atoms with Crippen molar-refractivity contribution in [3.8, 4) is 0 Å². The minimum absolute atomic E-state index is 0.108. The lowest BCUT2D eigenvalue weighted by atomic mass is 10.1. The molecule has 0 saturated heterocycles. The van der Waals surface area contributed by atoms with Crippen molar-refractivity contribution >= 4 is 33.2 Å². The second-order valence-corrected chi connectivity index (χ2v) is 5.83. The molecule has 2 aromatic carbocycles. The smallest absolute Gasteiger partial charge is 0.125 e. The van der Waals surface area contributed by atoms with Crippen LogP contribution in [0.2, 0.25) is 5.02 Å². The normalized spacial score (nSPS) is 12.2. The summed E-state index contributed by atoms with van der Waals surface area (Å²) < 4.78 is 14.1. The molecule has 2 aromatic rings. The van der Waals surface area contributed by atoms with Crippen molar-refractivity contribution in [3.05, 3.63) is 62.8 Å². The van der Waals surface area contributed by atoms with Gasteiger partial charge in [-0.15, -0.1) is 0 Å². The predicted octanol–water partition coefficient (Wildman–Crippen LogP) is 4.70. The standard InChI is InChI=1S/C15H14BrClFNO/c1-9-4-11(18)7-12(5-9)19-15(8-20)10-2-3-14(17)13(16)6-10/h2-7,15,19-20H,8H2,1H3. The Morgan fingerprint density at radius 1 is 1.30 bits per heavy atom. The van der Waals surface area contributed by atoms with Gasteiger partial charge in [0.25, 0.3) is 0 Å². The van der Waals surface area contributed by atoms with Gasteiger partial charge in [-0.25, -0.2) is 4.39 Å². The fraction of sp³-hybridized carbons (Fsp3) is 0.200. The maximum atomic E-state index is 13.4. The molecule has 0 saturated carbocycles. The van der Waals surface area contributed by atoms with Crippen molar-refractivity contribution in [2.45, 2.75) is 13.0 Å². The lowest BCUT2D eigenvalue weighted by Crippen LogP contribution is -2.15. The first-order chi connectivity index (χ1) is 9.49. The number of hydrogen-bond acceptors (Lipinski definition) is 2. The quantitative estimate of drug-likeness (QED) is 0.830. The van der Waals surface area contributed by atoms with Crippen LogP contribution < -0.4 is 5.32 Å². The molecule has 0 heterocycles. The van der Waals surface area contributed by atoms with Gasteiger partial charge in [0, 0.05) is 10.2 Å². The van der Waals surface area contributed by atoms with Crippen LogP contribution in [0.15, 0.2) is 40.9 Å². The number of rotatable bonds is 4. The van der Waals surface area contributed by atoms with E-state index in [4.69, 9.17) is 11.6 Å². The molecule has 2 rings (SSSR count). The lowest BCUT2D eigenvalue weighted by molar-refractivity contribution is 0.276. The highest BCUT2D eigenvalue weighted by Crippen LogP contribution is 2.28. The number of aliphatic hydroxyl groups is 1. The summed E-state index contributed by atoms with van der Waals surface area (Å²) in [5.74, 6) is -0.304. The van der Waals surface area contributed by atoms with Crippen LogP contribution in [0.5, 0.6) is 0 Å². The molecule has 0 fully saturated rings. The number of aryl methyl sites for hydroxylation is 1. The van der Waals surface area contributed by atoms with Crippen LogP contribution >= 0.6 is 27.5 Å². The van der Waals surface area contributed by atoms with Gasteiger partial charge < -0.3 is 10.4 Å². The van der Waals surface area contributed by atoms with Gasteiger partial charge in [-0.3, -0.25) is 0 Å². The first-order valence-corrected chi connectivity index (χ1v) is 7.26. The van der Waals surface area contributed by atoms with Crippen molar-refractivity contribution in [2.75, 3.05) is 11.9 Å². The van der Waals surface area contributed by atoms with Gasteiger partial charge in [-0.05, 0) is 64.3 Å². The summed E-state index contributed by atoms with van der Waals surface area (Å²) in [5.41, 5.74) is 2.32. The molecule has 20 heavy (non-hydrogen) atoms. The minimum Gasteiger partial charge on any atom is -0.394 e. The highest BCUT2D eigenvalue weighted by Gasteiger charge is 2.12. The van der Waals surface area contributed by atoms with E-state index in [9.17, 15) is 9.50 Å². The maximum Gasteiger partial charge on any atom is 0.125 e. The van der Waals surface area contributed by atoms with Gasteiger partial charge in [0.15, 0.2) is 0 Å². The molecule has 0 amide bonds. The topological polar surface area (TPSA) is 32.3 Å². The molecule has 0 aliphatic rings. The Morgan fingerprint density at radius 2 is 2.05 bits per heavy atom. The molecule has 106 valence electrons. The number of anilines is 1. The largest absolute Gasteiger partial charge is 0.394 e. The molecule has 0 aromatic heterocycles. The zero-order valence-electron chi connectivity index (χ0n) is 10.8. The first-order valence-electron chi connectivity index (χ1n) is 6.09. The summed E-state index contributed by atoms with van der Waals surface area (Å²) in [6.45, 7) is 1.71. The fourth-order valence-electron chi connectivity index (χ4n) is 1.98. The molecule has 1 atom stereocenters. The van der Waals surface area contributed by atoms with E-state index in [0.29, 0.717) is 10.7 Å². The number of aliphatic hydroxyl groups excluding tert-OH is 1. The maximum absolute atomic E-state index is 13.4. The average molecular weight is 359 g/mol. The van der Waals surface area contributed by atoms with Gasteiger partial charge in [0.05, 0.1) is 17.7 Å². The SMILES string of the molecule is Cc1cc(F)cc(NC(CO)c2ccc(Cl)c(Br)c2)c1. The molecule has 1 unspecified atom stereocenters.